The summed E-state index contributed by atoms with van der Waals surface area (Å²) < 4.78 is 48.3. The van der Waals surface area contributed by atoms with Crippen LogP contribution in [0.25, 0.3) is 0 Å². The second-order valence-electron chi connectivity index (χ2n) is 12.4. The normalized spacial score (nSPS) is 28.2. The van der Waals surface area contributed by atoms with Crippen molar-refractivity contribution in [3.8, 4) is 17.6 Å². The zero-order valence-corrected chi connectivity index (χ0v) is 31.0. The number of hydrogen-bond donors (Lipinski definition) is 5. The number of aromatic nitrogens is 6. The van der Waals surface area contributed by atoms with Crippen LogP contribution in [0.4, 0.5) is 0 Å². The minimum absolute atomic E-state index is 0. The fourth-order valence-corrected chi connectivity index (χ4v) is 7.50. The van der Waals surface area contributed by atoms with Crippen LogP contribution in [0.1, 0.15) is 65.2 Å². The van der Waals surface area contributed by atoms with Gasteiger partial charge in [-0.2, -0.15) is 0 Å². The number of ether oxygens (including phenoxy) is 3. The molecule has 7 N–H and O–H groups in total. The molecule has 3 aliphatic rings. The van der Waals surface area contributed by atoms with Crippen molar-refractivity contribution in [2.75, 3.05) is 6.61 Å². The van der Waals surface area contributed by atoms with Crippen LogP contribution in [0.5, 0.6) is 17.6 Å². The van der Waals surface area contributed by atoms with Crippen molar-refractivity contribution in [2.24, 2.45) is 17.8 Å². The van der Waals surface area contributed by atoms with Crippen molar-refractivity contribution in [1.29, 1.82) is 0 Å². The molecule has 3 heterocycles. The summed E-state index contributed by atoms with van der Waals surface area (Å²) in [6, 6.07) is 5.07. The maximum absolute atomic E-state index is 10.7. The van der Waals surface area contributed by atoms with Crippen LogP contribution < -0.4 is 20.4 Å². The van der Waals surface area contributed by atoms with Crippen molar-refractivity contribution >= 4 is 16.5 Å². The van der Waals surface area contributed by atoms with E-state index in [2.05, 4.69) is 36.8 Å². The van der Waals surface area contributed by atoms with Gasteiger partial charge in [-0.3, -0.25) is 0 Å². The second kappa shape index (κ2) is 22.6. The molecule has 3 aliphatic carbocycles. The highest BCUT2D eigenvalue weighted by molar-refractivity contribution is 7.32. The molecule has 0 bridgehead atoms. The highest BCUT2D eigenvalue weighted by atomic mass is 31.1. The van der Waals surface area contributed by atoms with E-state index in [4.69, 9.17) is 33.0 Å². The molecular weight excluding hydrogens is 720 g/mol. The Morgan fingerprint density at radius 3 is 1.37 bits per heavy atom. The van der Waals surface area contributed by atoms with Gasteiger partial charge in [0.15, 0.2) is 0 Å². The van der Waals surface area contributed by atoms with Crippen LogP contribution in [0, 0.1) is 17.8 Å². The predicted octanol–water partition coefficient (Wildman–Crippen LogP) is 4.31. The van der Waals surface area contributed by atoms with Crippen LogP contribution in [0.3, 0.4) is 0 Å². The Labute approximate surface area is 304 Å². The van der Waals surface area contributed by atoms with Gasteiger partial charge >= 0.3 is 16.5 Å². The first kappa shape index (κ1) is 43.0. The van der Waals surface area contributed by atoms with Gasteiger partial charge in [-0.25, -0.2) is 29.9 Å². The maximum Gasteiger partial charge on any atom is 0.695 e. The number of hydrogen-bond acceptors (Lipinski definition) is 16. The third-order valence-electron chi connectivity index (χ3n) is 9.05. The molecule has 0 aliphatic heterocycles. The molecule has 0 aromatic carbocycles. The topological polar surface area (TPSA) is 274 Å². The summed E-state index contributed by atoms with van der Waals surface area (Å²) in [6.07, 6.45) is 14.1. The molecule has 20 heteroatoms. The Bertz CT molecular complexity index is 1380. The lowest BCUT2D eigenvalue weighted by Gasteiger charge is -2.11. The largest absolute Gasteiger partial charge is 0.695 e. The minimum atomic E-state index is -2.66. The Morgan fingerprint density at radius 1 is 0.635 bits per heavy atom. The maximum atomic E-state index is 10.7. The lowest BCUT2D eigenvalue weighted by atomic mass is 10.0. The van der Waals surface area contributed by atoms with Crippen LogP contribution in [-0.2, 0) is 18.2 Å². The number of aliphatic hydroxyl groups excluding tert-OH is 2. The third kappa shape index (κ3) is 14.2. The molecule has 11 atom stereocenters. The van der Waals surface area contributed by atoms with E-state index in [0.29, 0.717) is 49.2 Å². The van der Waals surface area contributed by atoms with Crippen molar-refractivity contribution in [2.45, 2.75) is 102 Å². The molecule has 52 heavy (non-hydrogen) atoms. The van der Waals surface area contributed by atoms with Gasteiger partial charge in [0.1, 0.15) is 49.5 Å². The van der Waals surface area contributed by atoms with Crippen LogP contribution in [0.2, 0.25) is 0 Å². The van der Waals surface area contributed by atoms with Gasteiger partial charge in [0.05, 0.1) is 6.10 Å². The third-order valence-corrected chi connectivity index (χ3v) is 9.95. The minimum Gasteiger partial charge on any atom is -0.474 e. The van der Waals surface area contributed by atoms with E-state index < -0.39 is 22.6 Å². The molecule has 3 aromatic rings. The standard InChI is InChI=1S/C11H15N2O4P.C11H16N2O2.C10H13N2O5P.H3N/c1-2-8-5-9(6-10(8)17-18(14)15)16-11-3-4-12-7-13-11;1-2-8-5-9(6-10(8)14)15-11-3-4-12-7-13-11;13-5-7-3-8(4-9(7)17-18(14)15)16-10-1-2-11-6-12-10;/h3-4,7-10H,2,5-6H2,1H3;3-4,7-10,14H,2,5-6H2,1H3;1-2,6-9,13H,3-5H2;1H3/p+2/t2*8-,9+,10-;7-,8-,9+;/m001./s1. The summed E-state index contributed by atoms with van der Waals surface area (Å²) in [5, 5.41) is 18.9. The van der Waals surface area contributed by atoms with Gasteiger partial charge in [-0.05, 0) is 31.1 Å². The first-order valence-corrected chi connectivity index (χ1v) is 19.2. The second-order valence-corrected chi connectivity index (χ2v) is 13.8. The van der Waals surface area contributed by atoms with Gasteiger partial charge < -0.3 is 30.6 Å². The van der Waals surface area contributed by atoms with E-state index in [1.165, 1.54) is 19.0 Å². The van der Waals surface area contributed by atoms with E-state index in [1.54, 1.807) is 36.8 Å². The molecule has 3 aromatic heterocycles. The lowest BCUT2D eigenvalue weighted by molar-refractivity contribution is 0.105. The van der Waals surface area contributed by atoms with Gasteiger partial charge in [0.2, 0.25) is 17.6 Å². The number of aliphatic hydroxyl groups is 2. The zero-order chi connectivity index (χ0) is 36.6. The molecule has 2 unspecified atom stereocenters. The van der Waals surface area contributed by atoms with E-state index in [1.807, 2.05) is 6.92 Å². The molecule has 18 nitrogen and oxygen atoms in total. The van der Waals surface area contributed by atoms with Crippen molar-refractivity contribution in [3.05, 3.63) is 55.8 Å². The average Bonchev–Trinajstić information content (AvgIpc) is 3.81. The Hall–Kier alpha value is -3.44. The molecule has 3 fully saturated rings. The highest BCUT2D eigenvalue weighted by Crippen LogP contribution is 2.38. The first-order valence-electron chi connectivity index (χ1n) is 16.9. The van der Waals surface area contributed by atoms with Gasteiger partial charge in [0, 0.05) is 77.7 Å². The molecule has 0 saturated heterocycles. The fourth-order valence-electron chi connectivity index (χ4n) is 6.52. The average molecular weight is 770 g/mol. The van der Waals surface area contributed by atoms with E-state index in [9.17, 15) is 19.3 Å². The summed E-state index contributed by atoms with van der Waals surface area (Å²) in [5.74, 6) is 2.00. The van der Waals surface area contributed by atoms with E-state index in [-0.39, 0.29) is 55.1 Å². The molecule has 286 valence electrons. The van der Waals surface area contributed by atoms with Crippen molar-refractivity contribution in [3.63, 3.8) is 0 Å². The van der Waals surface area contributed by atoms with Crippen molar-refractivity contribution in [1.82, 2.24) is 36.1 Å². The number of rotatable bonds is 13. The molecular formula is C32H49N7O11P2+2. The zero-order valence-electron chi connectivity index (χ0n) is 29.2. The van der Waals surface area contributed by atoms with Gasteiger partial charge in [0.25, 0.3) is 0 Å². The SMILES string of the molecule is CC[C@H]1C[C@@H](Oc2ccncn2)C[C@@H]1O.CC[C@H]1C[C@@H](Oc2ccncn2)C[C@@H]1O[P+](=O)O.N.O=[P+](O)O[C@H]1C[C@H](Oc2ccncn2)C[C@@H]1CO. The van der Waals surface area contributed by atoms with Gasteiger partial charge in [-0.15, -0.1) is 18.8 Å². The van der Waals surface area contributed by atoms with Crippen molar-refractivity contribution < 1.29 is 52.4 Å². The molecule has 0 amide bonds. The molecule has 0 radical (unpaired) electrons. The fraction of sp³-hybridized carbons (Fsp3) is 0.625. The lowest BCUT2D eigenvalue weighted by Crippen LogP contribution is -2.18. The van der Waals surface area contributed by atoms with Gasteiger partial charge in [-0.1, -0.05) is 26.7 Å². The number of nitrogens with zero attached hydrogens (tertiary/aromatic N) is 6. The Morgan fingerprint density at radius 2 is 1.02 bits per heavy atom. The highest BCUT2D eigenvalue weighted by Gasteiger charge is 2.42. The smallest absolute Gasteiger partial charge is 0.474 e. The first-order chi connectivity index (χ1) is 24.7. The predicted molar refractivity (Wildman–Crippen MR) is 186 cm³/mol. The molecule has 0 spiro atoms. The summed E-state index contributed by atoms with van der Waals surface area (Å²) >= 11 is 0. The quantitative estimate of drug-likeness (QED) is 0.151. The summed E-state index contributed by atoms with van der Waals surface area (Å²) in [7, 11) is -5.22. The van der Waals surface area contributed by atoms with Crippen LogP contribution >= 0.6 is 16.5 Å². The molecule has 3 saturated carbocycles. The Balaban J connectivity index is 0.000000209. The molecule has 6 rings (SSSR count). The summed E-state index contributed by atoms with van der Waals surface area (Å²) in [5.41, 5.74) is 0. The van der Waals surface area contributed by atoms with Crippen LogP contribution in [-0.4, -0.2) is 93.1 Å². The van der Waals surface area contributed by atoms with E-state index >= 15 is 0 Å². The Kier molecular flexibility index (Phi) is 18.7. The van der Waals surface area contributed by atoms with Crippen LogP contribution in [0.15, 0.2) is 55.8 Å². The summed E-state index contributed by atoms with van der Waals surface area (Å²) in [4.78, 5) is 40.9. The summed E-state index contributed by atoms with van der Waals surface area (Å²) in [6.45, 7) is 4.04. The van der Waals surface area contributed by atoms with E-state index in [0.717, 1.165) is 25.7 Å². The monoisotopic (exact) mass is 769 g/mol.